The lowest BCUT2D eigenvalue weighted by Crippen LogP contribution is -2.26. The highest BCUT2D eigenvalue weighted by molar-refractivity contribution is 5.99. The molecule has 0 aliphatic carbocycles. The Balaban J connectivity index is 2.70. The third kappa shape index (κ3) is 1.15. The van der Waals surface area contributed by atoms with Crippen molar-refractivity contribution in [2.24, 2.45) is 0 Å². The molecule has 0 bridgehead atoms. The van der Waals surface area contributed by atoms with Gasteiger partial charge in [0.05, 0.1) is 13.2 Å². The van der Waals surface area contributed by atoms with Gasteiger partial charge < -0.3 is 9.72 Å². The molecular weight excluding hydrogens is 188 g/mol. The van der Waals surface area contributed by atoms with Gasteiger partial charge in [-0.15, -0.1) is 10.2 Å². The zero-order valence-electron chi connectivity index (χ0n) is 7.22. The van der Waals surface area contributed by atoms with Crippen LogP contribution in [-0.2, 0) is 9.53 Å². The van der Waals surface area contributed by atoms with Gasteiger partial charge in [-0.05, 0) is 0 Å². The minimum absolute atomic E-state index is 0.127. The van der Waals surface area contributed by atoms with E-state index in [1.54, 1.807) is 0 Å². The average Bonchev–Trinajstić information content (AvgIpc) is 2.72. The largest absolute Gasteiger partial charge is 0.466 e. The predicted molar refractivity (Wildman–Crippen MR) is 45.3 cm³/mol. The smallest absolute Gasteiger partial charge is 0.332 e. The second-order valence-corrected chi connectivity index (χ2v) is 2.54. The Kier molecular flexibility index (Phi) is 1.77. The quantitative estimate of drug-likeness (QED) is 0.535. The molecular formula is C7H6N4O3. The van der Waals surface area contributed by atoms with Crippen LogP contribution in [0.5, 0.6) is 0 Å². The first-order chi connectivity index (χ1) is 6.72. The first-order valence-corrected chi connectivity index (χ1v) is 3.74. The Morgan fingerprint density at radius 2 is 2.50 bits per heavy atom. The van der Waals surface area contributed by atoms with E-state index in [-0.39, 0.29) is 10.9 Å². The van der Waals surface area contributed by atoms with Gasteiger partial charge in [-0.3, -0.25) is 4.79 Å². The SMILES string of the molecule is COC(=O)/C=c1/[nH]c2nncn2c1=O. The minimum atomic E-state index is -0.598. The summed E-state index contributed by atoms with van der Waals surface area (Å²) >= 11 is 0. The topological polar surface area (TPSA) is 89.3 Å². The van der Waals surface area contributed by atoms with Crippen LogP contribution in [0, 0.1) is 0 Å². The molecule has 7 nitrogen and oxygen atoms in total. The molecule has 0 aromatic carbocycles. The number of carbonyl (C=O) groups excluding carboxylic acids is 1. The van der Waals surface area contributed by atoms with E-state index >= 15 is 0 Å². The maximum Gasteiger partial charge on any atom is 0.332 e. The monoisotopic (exact) mass is 194 g/mol. The highest BCUT2D eigenvalue weighted by atomic mass is 16.5. The summed E-state index contributed by atoms with van der Waals surface area (Å²) in [6.45, 7) is 0. The second kappa shape index (κ2) is 2.95. The van der Waals surface area contributed by atoms with Crippen LogP contribution in [-0.4, -0.2) is 32.7 Å². The number of nitrogens with one attached hydrogen (secondary N) is 1. The standard InChI is InChI=1S/C7H6N4O3/c1-14-5(12)2-4-6(13)11-3-8-10-7(11)9-4/h2-3H,1H3,(H,9,10)/b4-2+. The molecule has 2 heterocycles. The van der Waals surface area contributed by atoms with E-state index in [0.29, 0.717) is 5.78 Å². The zero-order chi connectivity index (χ0) is 10.1. The average molecular weight is 194 g/mol. The number of aromatic amines is 1. The molecule has 0 saturated carbocycles. The van der Waals surface area contributed by atoms with Gasteiger partial charge in [-0.25, -0.2) is 9.20 Å². The van der Waals surface area contributed by atoms with Gasteiger partial charge in [-0.2, -0.15) is 0 Å². The van der Waals surface area contributed by atoms with Crippen LogP contribution in [0.2, 0.25) is 0 Å². The number of esters is 1. The molecule has 0 atom stereocenters. The van der Waals surface area contributed by atoms with E-state index in [1.165, 1.54) is 17.8 Å². The number of ether oxygens (including phenoxy) is 1. The Morgan fingerprint density at radius 3 is 3.14 bits per heavy atom. The van der Waals surface area contributed by atoms with Crippen LogP contribution in [0.3, 0.4) is 0 Å². The molecule has 0 fully saturated rings. The number of H-pyrrole nitrogens is 1. The van der Waals surface area contributed by atoms with Gasteiger partial charge >= 0.3 is 5.97 Å². The number of methoxy groups -OCH3 is 1. The number of fused-ring (bicyclic) bond motifs is 1. The predicted octanol–water partition coefficient (Wildman–Crippen LogP) is -1.91. The number of carbonyl (C=O) groups is 1. The molecule has 0 aliphatic heterocycles. The number of aromatic nitrogens is 4. The Hall–Kier alpha value is -2.18. The third-order valence-corrected chi connectivity index (χ3v) is 1.71. The second-order valence-electron chi connectivity index (χ2n) is 2.54. The van der Waals surface area contributed by atoms with Gasteiger partial charge in [0.25, 0.3) is 5.56 Å². The van der Waals surface area contributed by atoms with E-state index in [9.17, 15) is 9.59 Å². The summed E-state index contributed by atoms with van der Waals surface area (Å²) in [5.41, 5.74) is -0.379. The molecule has 72 valence electrons. The van der Waals surface area contributed by atoms with E-state index in [1.807, 2.05) is 0 Å². The Bertz CT molecular complexity index is 582. The van der Waals surface area contributed by atoms with Crippen molar-refractivity contribution >= 4 is 17.8 Å². The van der Waals surface area contributed by atoms with Crippen molar-refractivity contribution in [1.29, 1.82) is 0 Å². The molecule has 0 unspecified atom stereocenters. The molecule has 0 amide bonds. The molecule has 0 aliphatic rings. The summed E-state index contributed by atoms with van der Waals surface area (Å²) < 4.78 is 5.59. The Morgan fingerprint density at radius 1 is 1.71 bits per heavy atom. The van der Waals surface area contributed by atoms with Crippen molar-refractivity contribution in [2.45, 2.75) is 0 Å². The molecule has 0 saturated heterocycles. The lowest BCUT2D eigenvalue weighted by molar-refractivity contribution is -0.133. The summed E-state index contributed by atoms with van der Waals surface area (Å²) in [6, 6.07) is 0. The lowest BCUT2D eigenvalue weighted by atomic mass is 10.5. The third-order valence-electron chi connectivity index (χ3n) is 1.71. The van der Waals surface area contributed by atoms with Gasteiger partial charge in [0, 0.05) is 0 Å². The van der Waals surface area contributed by atoms with Crippen molar-refractivity contribution < 1.29 is 9.53 Å². The van der Waals surface area contributed by atoms with Gasteiger partial charge in [0.1, 0.15) is 11.7 Å². The number of nitrogens with zero attached hydrogens (tertiary/aromatic N) is 3. The van der Waals surface area contributed by atoms with E-state index in [2.05, 4.69) is 19.9 Å². The van der Waals surface area contributed by atoms with Crippen molar-refractivity contribution in [3.05, 3.63) is 22.0 Å². The molecule has 14 heavy (non-hydrogen) atoms. The maximum absolute atomic E-state index is 11.5. The number of hydrogen-bond acceptors (Lipinski definition) is 5. The van der Waals surface area contributed by atoms with Crippen molar-refractivity contribution in [3.8, 4) is 0 Å². The fourth-order valence-corrected chi connectivity index (χ4v) is 1.05. The summed E-state index contributed by atoms with van der Waals surface area (Å²) in [4.78, 5) is 24.9. The van der Waals surface area contributed by atoms with Crippen molar-refractivity contribution in [1.82, 2.24) is 19.6 Å². The number of imidazole rings is 1. The van der Waals surface area contributed by atoms with Crippen molar-refractivity contribution in [3.63, 3.8) is 0 Å². The molecule has 0 radical (unpaired) electrons. The van der Waals surface area contributed by atoms with Gasteiger partial charge in [0.2, 0.25) is 5.78 Å². The summed E-state index contributed by atoms with van der Waals surface area (Å²) in [5, 5.41) is 7.26. The van der Waals surface area contributed by atoms with Crippen LogP contribution < -0.4 is 10.9 Å². The van der Waals surface area contributed by atoms with Crippen LogP contribution in [0.1, 0.15) is 0 Å². The molecule has 1 N–H and O–H groups in total. The molecule has 7 heteroatoms. The summed E-state index contributed by atoms with van der Waals surface area (Å²) in [5.74, 6) is -0.301. The van der Waals surface area contributed by atoms with Crippen LogP contribution in [0.25, 0.3) is 11.9 Å². The normalized spacial score (nSPS) is 12.2. The number of rotatable bonds is 1. The molecule has 2 aromatic rings. The fourth-order valence-electron chi connectivity index (χ4n) is 1.05. The highest BCUT2D eigenvalue weighted by Crippen LogP contribution is 1.82. The van der Waals surface area contributed by atoms with Gasteiger partial charge in [0.15, 0.2) is 0 Å². The highest BCUT2D eigenvalue weighted by Gasteiger charge is 2.04. The Labute approximate surface area is 77.0 Å². The van der Waals surface area contributed by atoms with E-state index in [4.69, 9.17) is 0 Å². The van der Waals surface area contributed by atoms with Crippen LogP contribution in [0.15, 0.2) is 11.1 Å². The zero-order valence-corrected chi connectivity index (χ0v) is 7.22. The first-order valence-electron chi connectivity index (χ1n) is 3.74. The van der Waals surface area contributed by atoms with Crippen LogP contribution >= 0.6 is 0 Å². The molecule has 0 spiro atoms. The molecule has 2 rings (SSSR count). The summed E-state index contributed by atoms with van der Waals surface area (Å²) in [6.07, 6.45) is 2.33. The van der Waals surface area contributed by atoms with Crippen molar-refractivity contribution in [2.75, 3.05) is 7.11 Å². The first kappa shape index (κ1) is 8.42. The maximum atomic E-state index is 11.5. The minimum Gasteiger partial charge on any atom is -0.466 e. The summed E-state index contributed by atoms with van der Waals surface area (Å²) in [7, 11) is 1.24. The van der Waals surface area contributed by atoms with E-state index in [0.717, 1.165) is 6.08 Å². The molecule has 2 aromatic heterocycles. The van der Waals surface area contributed by atoms with E-state index < -0.39 is 5.97 Å². The fraction of sp³-hybridized carbons (Fsp3) is 0.143. The number of hydrogen-bond donors (Lipinski definition) is 1. The lowest BCUT2D eigenvalue weighted by Gasteiger charge is -1.85. The van der Waals surface area contributed by atoms with Gasteiger partial charge in [-0.1, -0.05) is 0 Å². The van der Waals surface area contributed by atoms with Crippen LogP contribution in [0.4, 0.5) is 0 Å².